The molecule has 0 aliphatic carbocycles. The van der Waals surface area contributed by atoms with Crippen molar-refractivity contribution < 1.29 is 13.9 Å². The Balaban J connectivity index is 0.00000576. The third-order valence-electron chi connectivity index (χ3n) is 3.71. The number of methoxy groups -OCH3 is 1. The first-order valence-corrected chi connectivity index (χ1v) is 8.38. The van der Waals surface area contributed by atoms with Crippen molar-refractivity contribution in [1.82, 2.24) is 10.6 Å². The highest BCUT2D eigenvalue weighted by Crippen LogP contribution is 2.16. The standard InChI is InChI=1S/C18H30FN3O2.HI/c1-14-7-8-16(13-17(14)19)15(2)22-18(20-3)21-9-5-6-10-24-12-11-23-4;/h7-8,13,15H,5-6,9-12H2,1-4H3,(H2,20,21,22);1H. The Morgan fingerprint density at radius 2 is 2.00 bits per heavy atom. The normalized spacial score (nSPS) is 12.4. The number of rotatable bonds is 10. The maximum atomic E-state index is 13.7. The third kappa shape index (κ3) is 9.96. The molecule has 0 spiro atoms. The molecule has 1 unspecified atom stereocenters. The summed E-state index contributed by atoms with van der Waals surface area (Å²) in [6.45, 7) is 6.56. The third-order valence-corrected chi connectivity index (χ3v) is 3.71. The zero-order valence-corrected chi connectivity index (χ0v) is 17.9. The first kappa shape index (κ1) is 24.1. The van der Waals surface area contributed by atoms with Crippen LogP contribution in [0.2, 0.25) is 0 Å². The molecule has 1 atom stereocenters. The minimum absolute atomic E-state index is 0. The van der Waals surface area contributed by atoms with E-state index in [9.17, 15) is 4.39 Å². The number of guanidine groups is 1. The molecule has 0 aromatic heterocycles. The first-order valence-electron chi connectivity index (χ1n) is 8.38. The number of nitrogens with zero attached hydrogens (tertiary/aromatic N) is 1. The van der Waals surface area contributed by atoms with E-state index in [-0.39, 0.29) is 35.8 Å². The van der Waals surface area contributed by atoms with Gasteiger partial charge in [-0.3, -0.25) is 4.99 Å². The summed E-state index contributed by atoms with van der Waals surface area (Å²) in [5.74, 6) is 0.529. The van der Waals surface area contributed by atoms with Crippen LogP contribution in [0.25, 0.3) is 0 Å². The number of ether oxygens (including phenoxy) is 2. The molecule has 144 valence electrons. The average Bonchev–Trinajstić information content (AvgIpc) is 2.58. The average molecular weight is 467 g/mol. The van der Waals surface area contributed by atoms with Gasteiger partial charge < -0.3 is 20.1 Å². The molecule has 0 radical (unpaired) electrons. The second-order valence-corrected chi connectivity index (χ2v) is 5.69. The maximum Gasteiger partial charge on any atom is 0.191 e. The lowest BCUT2D eigenvalue weighted by Gasteiger charge is -2.18. The fourth-order valence-electron chi connectivity index (χ4n) is 2.14. The van der Waals surface area contributed by atoms with Gasteiger partial charge in [0.2, 0.25) is 0 Å². The Hall–Kier alpha value is -0.930. The molecule has 0 heterocycles. The van der Waals surface area contributed by atoms with Crippen LogP contribution >= 0.6 is 24.0 Å². The second kappa shape index (κ2) is 14.3. The smallest absolute Gasteiger partial charge is 0.191 e. The molecule has 0 amide bonds. The number of hydrogen-bond donors (Lipinski definition) is 2. The predicted molar refractivity (Wildman–Crippen MR) is 111 cm³/mol. The van der Waals surface area contributed by atoms with Gasteiger partial charge in [0.25, 0.3) is 0 Å². The summed E-state index contributed by atoms with van der Waals surface area (Å²) in [7, 11) is 3.39. The highest BCUT2D eigenvalue weighted by Gasteiger charge is 2.09. The minimum atomic E-state index is -0.183. The summed E-state index contributed by atoms with van der Waals surface area (Å²) < 4.78 is 24.0. The van der Waals surface area contributed by atoms with Gasteiger partial charge >= 0.3 is 0 Å². The fraction of sp³-hybridized carbons (Fsp3) is 0.611. The van der Waals surface area contributed by atoms with E-state index in [1.54, 1.807) is 33.2 Å². The SMILES string of the molecule is CN=C(NCCCCOCCOC)NC(C)c1ccc(C)c(F)c1.I. The Bertz CT molecular complexity index is 515. The van der Waals surface area contributed by atoms with Gasteiger partial charge in [-0.05, 0) is 43.9 Å². The molecular weight excluding hydrogens is 436 g/mol. The lowest BCUT2D eigenvalue weighted by molar-refractivity contribution is 0.0689. The lowest BCUT2D eigenvalue weighted by atomic mass is 10.1. The van der Waals surface area contributed by atoms with Gasteiger partial charge in [-0.15, -0.1) is 24.0 Å². The minimum Gasteiger partial charge on any atom is -0.382 e. The summed E-state index contributed by atoms with van der Waals surface area (Å²) in [4.78, 5) is 4.20. The molecule has 1 aromatic rings. The van der Waals surface area contributed by atoms with Crippen molar-refractivity contribution in [3.8, 4) is 0 Å². The maximum absolute atomic E-state index is 13.7. The van der Waals surface area contributed by atoms with Crippen molar-refractivity contribution in [1.29, 1.82) is 0 Å². The van der Waals surface area contributed by atoms with Crippen LogP contribution in [0.3, 0.4) is 0 Å². The van der Waals surface area contributed by atoms with Gasteiger partial charge in [0.1, 0.15) is 5.82 Å². The molecule has 5 nitrogen and oxygen atoms in total. The quantitative estimate of drug-likeness (QED) is 0.240. The number of nitrogens with one attached hydrogen (secondary N) is 2. The van der Waals surface area contributed by atoms with Gasteiger partial charge in [-0.25, -0.2) is 4.39 Å². The summed E-state index contributed by atoms with van der Waals surface area (Å²) >= 11 is 0. The number of unbranched alkanes of at least 4 members (excludes halogenated alkanes) is 1. The highest BCUT2D eigenvalue weighted by atomic mass is 127. The first-order chi connectivity index (χ1) is 11.6. The van der Waals surface area contributed by atoms with E-state index in [1.165, 1.54) is 0 Å². The van der Waals surface area contributed by atoms with E-state index in [0.29, 0.717) is 24.7 Å². The van der Waals surface area contributed by atoms with Crippen LogP contribution in [0.5, 0.6) is 0 Å². The summed E-state index contributed by atoms with van der Waals surface area (Å²) in [5, 5.41) is 6.54. The van der Waals surface area contributed by atoms with E-state index in [2.05, 4.69) is 15.6 Å². The Kier molecular flexibility index (Phi) is 13.7. The van der Waals surface area contributed by atoms with Crippen LogP contribution in [0.1, 0.15) is 36.9 Å². The van der Waals surface area contributed by atoms with Crippen LogP contribution < -0.4 is 10.6 Å². The molecule has 0 fully saturated rings. The van der Waals surface area contributed by atoms with E-state index >= 15 is 0 Å². The molecule has 0 bridgehead atoms. The molecule has 1 aromatic carbocycles. The zero-order chi connectivity index (χ0) is 17.8. The molecule has 0 saturated carbocycles. The molecule has 7 heteroatoms. The number of hydrogen-bond acceptors (Lipinski definition) is 3. The van der Waals surface area contributed by atoms with Crippen LogP contribution in [0.4, 0.5) is 4.39 Å². The predicted octanol–water partition coefficient (Wildman–Crippen LogP) is 3.42. The molecule has 2 N–H and O–H groups in total. The van der Waals surface area contributed by atoms with Gasteiger partial charge in [0, 0.05) is 27.3 Å². The van der Waals surface area contributed by atoms with E-state index in [0.717, 1.165) is 31.6 Å². The molecule has 0 aliphatic heterocycles. The molecule has 25 heavy (non-hydrogen) atoms. The van der Waals surface area contributed by atoms with E-state index in [1.807, 2.05) is 13.0 Å². The lowest BCUT2D eigenvalue weighted by Crippen LogP contribution is -2.39. The van der Waals surface area contributed by atoms with Crippen LogP contribution in [0, 0.1) is 12.7 Å². The van der Waals surface area contributed by atoms with Crippen molar-refractivity contribution in [3.05, 3.63) is 35.1 Å². The Labute approximate surface area is 167 Å². The van der Waals surface area contributed by atoms with E-state index in [4.69, 9.17) is 9.47 Å². The summed E-state index contributed by atoms with van der Waals surface area (Å²) in [6, 6.07) is 5.27. The zero-order valence-electron chi connectivity index (χ0n) is 15.6. The largest absolute Gasteiger partial charge is 0.382 e. The molecule has 0 aliphatic rings. The van der Waals surface area contributed by atoms with E-state index < -0.39 is 0 Å². The van der Waals surface area contributed by atoms with Crippen molar-refractivity contribution in [2.24, 2.45) is 4.99 Å². The Morgan fingerprint density at radius 1 is 1.24 bits per heavy atom. The molecular formula is C18H31FIN3O2. The second-order valence-electron chi connectivity index (χ2n) is 5.69. The Morgan fingerprint density at radius 3 is 2.64 bits per heavy atom. The number of benzene rings is 1. The summed E-state index contributed by atoms with van der Waals surface area (Å²) in [6.07, 6.45) is 1.97. The van der Waals surface area contributed by atoms with Crippen molar-refractivity contribution >= 4 is 29.9 Å². The topological polar surface area (TPSA) is 54.9 Å². The van der Waals surface area contributed by atoms with Crippen molar-refractivity contribution in [3.63, 3.8) is 0 Å². The van der Waals surface area contributed by atoms with Gasteiger partial charge in [-0.1, -0.05) is 12.1 Å². The number of halogens is 2. The monoisotopic (exact) mass is 467 g/mol. The van der Waals surface area contributed by atoms with Crippen LogP contribution in [0.15, 0.2) is 23.2 Å². The molecule has 0 saturated heterocycles. The van der Waals surface area contributed by atoms with Gasteiger partial charge in [0.05, 0.1) is 19.3 Å². The van der Waals surface area contributed by atoms with Crippen molar-refractivity contribution in [2.75, 3.05) is 40.5 Å². The summed E-state index contributed by atoms with van der Waals surface area (Å²) in [5.41, 5.74) is 1.55. The highest BCUT2D eigenvalue weighted by molar-refractivity contribution is 14.0. The number of aryl methyl sites for hydroxylation is 1. The number of aliphatic imine (C=N–C) groups is 1. The fourth-order valence-corrected chi connectivity index (χ4v) is 2.14. The van der Waals surface area contributed by atoms with Crippen LogP contribution in [-0.4, -0.2) is 46.5 Å². The van der Waals surface area contributed by atoms with Crippen LogP contribution in [-0.2, 0) is 9.47 Å². The van der Waals surface area contributed by atoms with Crippen molar-refractivity contribution in [2.45, 2.75) is 32.7 Å². The van der Waals surface area contributed by atoms with Gasteiger partial charge in [-0.2, -0.15) is 0 Å². The molecule has 1 rings (SSSR count). The van der Waals surface area contributed by atoms with Gasteiger partial charge in [0.15, 0.2) is 5.96 Å².